The molecule has 0 spiro atoms. The quantitative estimate of drug-likeness (QED) is 0.830. The van der Waals surface area contributed by atoms with Crippen LogP contribution in [0.2, 0.25) is 0 Å². The van der Waals surface area contributed by atoms with Crippen LogP contribution in [0.1, 0.15) is 26.7 Å². The molecular weight excluding hydrogens is 337 g/mol. The molecule has 128 valence electrons. The standard InChI is InChI=1S/C15H21N5O.2ClH/c1-3-15(4-2,11-16)14(21)19-12-6-7-13(17-10-12)20-9-5-8-18-20;;/h5-10H,3-4,11,16H2,1-2H3,(H,19,21);2*1H. The molecule has 2 aromatic rings. The number of amides is 1. The van der Waals surface area contributed by atoms with Crippen molar-refractivity contribution in [3.05, 3.63) is 36.8 Å². The van der Waals surface area contributed by atoms with E-state index in [4.69, 9.17) is 5.73 Å². The number of nitrogens with zero attached hydrogens (tertiary/aromatic N) is 3. The summed E-state index contributed by atoms with van der Waals surface area (Å²) in [6.07, 6.45) is 6.56. The van der Waals surface area contributed by atoms with E-state index in [0.29, 0.717) is 30.9 Å². The lowest BCUT2D eigenvalue weighted by Gasteiger charge is -2.28. The minimum Gasteiger partial charge on any atom is -0.329 e. The normalized spacial score (nSPS) is 10.4. The van der Waals surface area contributed by atoms with Crippen molar-refractivity contribution in [1.82, 2.24) is 14.8 Å². The van der Waals surface area contributed by atoms with Crippen molar-refractivity contribution in [2.75, 3.05) is 11.9 Å². The van der Waals surface area contributed by atoms with Crippen molar-refractivity contribution in [1.29, 1.82) is 0 Å². The molecule has 6 nitrogen and oxygen atoms in total. The number of pyridine rings is 1. The van der Waals surface area contributed by atoms with Gasteiger partial charge in [-0.3, -0.25) is 4.79 Å². The number of carbonyl (C=O) groups is 1. The zero-order chi connectivity index (χ0) is 15.3. The van der Waals surface area contributed by atoms with Crippen LogP contribution in [0.25, 0.3) is 5.82 Å². The molecule has 0 aliphatic rings. The molecule has 8 heteroatoms. The molecule has 0 radical (unpaired) electrons. The first-order valence-electron chi connectivity index (χ1n) is 7.13. The molecule has 0 atom stereocenters. The zero-order valence-electron chi connectivity index (χ0n) is 13.2. The van der Waals surface area contributed by atoms with Gasteiger partial charge >= 0.3 is 0 Å². The van der Waals surface area contributed by atoms with E-state index in [9.17, 15) is 4.79 Å². The molecule has 2 aromatic heterocycles. The first kappa shape index (κ1) is 21.4. The molecule has 0 bridgehead atoms. The summed E-state index contributed by atoms with van der Waals surface area (Å²) in [7, 11) is 0. The second kappa shape index (κ2) is 9.50. The second-order valence-electron chi connectivity index (χ2n) is 5.00. The van der Waals surface area contributed by atoms with E-state index in [1.54, 1.807) is 17.1 Å². The Morgan fingerprint density at radius 1 is 1.30 bits per heavy atom. The van der Waals surface area contributed by atoms with E-state index in [-0.39, 0.29) is 30.7 Å². The third kappa shape index (κ3) is 4.67. The summed E-state index contributed by atoms with van der Waals surface area (Å²) in [5, 5.41) is 7.00. The SMILES string of the molecule is CCC(CC)(CN)C(=O)Nc1ccc(-n2cccn2)nc1.Cl.Cl. The predicted octanol–water partition coefficient (Wildman–Crippen LogP) is 2.81. The van der Waals surface area contributed by atoms with Gasteiger partial charge in [-0.2, -0.15) is 5.10 Å². The average molecular weight is 360 g/mol. The highest BCUT2D eigenvalue weighted by molar-refractivity contribution is 5.95. The average Bonchev–Trinajstić information content (AvgIpc) is 3.05. The van der Waals surface area contributed by atoms with Crippen molar-refractivity contribution < 1.29 is 4.79 Å². The van der Waals surface area contributed by atoms with Gasteiger partial charge in [-0.15, -0.1) is 24.8 Å². The molecule has 1 amide bonds. The van der Waals surface area contributed by atoms with Gasteiger partial charge in [-0.1, -0.05) is 13.8 Å². The Morgan fingerprint density at radius 3 is 2.43 bits per heavy atom. The van der Waals surface area contributed by atoms with Crippen LogP contribution in [0, 0.1) is 5.41 Å². The van der Waals surface area contributed by atoms with E-state index in [1.165, 1.54) is 0 Å². The Labute approximate surface area is 148 Å². The van der Waals surface area contributed by atoms with Crippen molar-refractivity contribution in [2.24, 2.45) is 11.1 Å². The lowest BCUT2D eigenvalue weighted by atomic mass is 9.81. The van der Waals surface area contributed by atoms with Gasteiger partial charge in [0.15, 0.2) is 5.82 Å². The molecular formula is C15H23Cl2N5O. The van der Waals surface area contributed by atoms with Gasteiger partial charge < -0.3 is 11.1 Å². The van der Waals surface area contributed by atoms with Gasteiger partial charge in [0.2, 0.25) is 5.91 Å². The summed E-state index contributed by atoms with van der Waals surface area (Å²) in [5.41, 5.74) is 5.93. The van der Waals surface area contributed by atoms with Crippen LogP contribution in [-0.2, 0) is 4.79 Å². The largest absolute Gasteiger partial charge is 0.329 e. The fourth-order valence-corrected chi connectivity index (χ4v) is 2.22. The lowest BCUT2D eigenvalue weighted by Crippen LogP contribution is -2.41. The molecule has 0 aliphatic carbocycles. The summed E-state index contributed by atoms with van der Waals surface area (Å²) >= 11 is 0. The zero-order valence-corrected chi connectivity index (χ0v) is 14.9. The third-order valence-electron chi connectivity index (χ3n) is 3.97. The maximum Gasteiger partial charge on any atom is 0.231 e. The number of carbonyl (C=O) groups excluding carboxylic acids is 1. The third-order valence-corrected chi connectivity index (χ3v) is 3.97. The van der Waals surface area contributed by atoms with E-state index in [2.05, 4.69) is 15.4 Å². The van der Waals surface area contributed by atoms with Gasteiger partial charge in [-0.05, 0) is 31.0 Å². The maximum absolute atomic E-state index is 12.4. The molecule has 0 fully saturated rings. The molecule has 23 heavy (non-hydrogen) atoms. The van der Waals surface area contributed by atoms with E-state index in [1.807, 2.05) is 38.2 Å². The van der Waals surface area contributed by atoms with E-state index >= 15 is 0 Å². The lowest BCUT2D eigenvalue weighted by molar-refractivity contribution is -0.125. The Hall–Kier alpha value is -1.63. The summed E-state index contributed by atoms with van der Waals surface area (Å²) in [6, 6.07) is 5.45. The number of nitrogens with one attached hydrogen (secondary N) is 1. The van der Waals surface area contributed by atoms with Crippen molar-refractivity contribution in [3.63, 3.8) is 0 Å². The second-order valence-corrected chi connectivity index (χ2v) is 5.00. The Morgan fingerprint density at radius 2 is 2.00 bits per heavy atom. The number of aromatic nitrogens is 3. The molecule has 2 heterocycles. The molecule has 2 rings (SSSR count). The van der Waals surface area contributed by atoms with Crippen LogP contribution in [0.4, 0.5) is 5.69 Å². The minimum absolute atomic E-state index is 0. The summed E-state index contributed by atoms with van der Waals surface area (Å²) in [4.78, 5) is 16.7. The molecule has 0 saturated carbocycles. The van der Waals surface area contributed by atoms with Gasteiger partial charge in [-0.25, -0.2) is 9.67 Å². The molecule has 0 aromatic carbocycles. The van der Waals surface area contributed by atoms with Gasteiger partial charge in [0, 0.05) is 18.9 Å². The van der Waals surface area contributed by atoms with Gasteiger partial charge in [0.05, 0.1) is 17.3 Å². The van der Waals surface area contributed by atoms with Crippen molar-refractivity contribution in [2.45, 2.75) is 26.7 Å². The van der Waals surface area contributed by atoms with Crippen LogP contribution in [0.3, 0.4) is 0 Å². The summed E-state index contributed by atoms with van der Waals surface area (Å²) in [5.74, 6) is 0.651. The fraction of sp³-hybridized carbons (Fsp3) is 0.400. The Bertz CT molecular complexity index is 574. The summed E-state index contributed by atoms with van der Waals surface area (Å²) < 4.78 is 1.66. The number of rotatable bonds is 6. The monoisotopic (exact) mass is 359 g/mol. The van der Waals surface area contributed by atoms with Crippen LogP contribution in [0.5, 0.6) is 0 Å². The van der Waals surface area contributed by atoms with Crippen LogP contribution in [-0.4, -0.2) is 27.2 Å². The van der Waals surface area contributed by atoms with Crippen LogP contribution >= 0.6 is 24.8 Å². The van der Waals surface area contributed by atoms with Gasteiger partial charge in [0.1, 0.15) is 0 Å². The Balaban J connectivity index is 0.00000242. The molecule has 3 N–H and O–H groups in total. The van der Waals surface area contributed by atoms with E-state index < -0.39 is 5.41 Å². The highest BCUT2D eigenvalue weighted by Crippen LogP contribution is 2.26. The minimum atomic E-state index is -0.513. The Kier molecular flexibility index (Phi) is 8.82. The van der Waals surface area contributed by atoms with Crippen molar-refractivity contribution in [3.8, 4) is 5.82 Å². The van der Waals surface area contributed by atoms with Gasteiger partial charge in [0.25, 0.3) is 0 Å². The van der Waals surface area contributed by atoms with Crippen molar-refractivity contribution >= 4 is 36.4 Å². The highest BCUT2D eigenvalue weighted by atomic mass is 35.5. The summed E-state index contributed by atoms with van der Waals surface area (Å²) in [6.45, 7) is 4.30. The molecule has 0 unspecified atom stereocenters. The maximum atomic E-state index is 12.4. The smallest absolute Gasteiger partial charge is 0.231 e. The van der Waals surface area contributed by atoms with Crippen LogP contribution in [0.15, 0.2) is 36.8 Å². The number of anilines is 1. The number of halogens is 2. The van der Waals surface area contributed by atoms with Crippen LogP contribution < -0.4 is 11.1 Å². The predicted molar refractivity (Wildman–Crippen MR) is 96.6 cm³/mol. The number of nitrogens with two attached hydrogens (primary N) is 1. The topological polar surface area (TPSA) is 85.8 Å². The highest BCUT2D eigenvalue weighted by Gasteiger charge is 2.33. The molecule has 0 aliphatic heterocycles. The first-order valence-corrected chi connectivity index (χ1v) is 7.13. The molecule has 0 saturated heterocycles. The first-order chi connectivity index (χ1) is 10.1. The van der Waals surface area contributed by atoms with E-state index in [0.717, 1.165) is 0 Å². The fourth-order valence-electron chi connectivity index (χ4n) is 2.22. The number of hydrogen-bond acceptors (Lipinski definition) is 4. The number of hydrogen-bond donors (Lipinski definition) is 2.